The van der Waals surface area contributed by atoms with Crippen LogP contribution in [-0.2, 0) is 4.79 Å². The van der Waals surface area contributed by atoms with Crippen LogP contribution in [-0.4, -0.2) is 31.6 Å². The van der Waals surface area contributed by atoms with E-state index >= 15 is 0 Å². The summed E-state index contributed by atoms with van der Waals surface area (Å²) in [5.74, 6) is 2.08. The SMILES string of the molecule is COc1cc(C)ccc1OCCC(=O)N(C)C(C)c1cc2ccccc2o1. The maximum absolute atomic E-state index is 12.5. The molecule has 5 nitrogen and oxygen atoms in total. The van der Waals surface area contributed by atoms with Gasteiger partial charge in [0, 0.05) is 12.4 Å². The molecule has 0 spiro atoms. The van der Waals surface area contributed by atoms with Crippen LogP contribution in [0.2, 0.25) is 0 Å². The van der Waals surface area contributed by atoms with E-state index in [1.807, 2.05) is 62.4 Å². The third-order valence-electron chi connectivity index (χ3n) is 4.72. The van der Waals surface area contributed by atoms with Crippen molar-refractivity contribution in [2.45, 2.75) is 26.3 Å². The Balaban J connectivity index is 1.58. The molecule has 1 heterocycles. The number of hydrogen-bond donors (Lipinski definition) is 0. The van der Waals surface area contributed by atoms with Crippen molar-refractivity contribution in [1.82, 2.24) is 4.90 Å². The molecular formula is C22H25NO4. The number of carbonyl (C=O) groups excluding carboxylic acids is 1. The number of methoxy groups -OCH3 is 1. The van der Waals surface area contributed by atoms with Crippen LogP contribution in [0, 0.1) is 6.92 Å². The van der Waals surface area contributed by atoms with Crippen LogP contribution in [0.25, 0.3) is 11.0 Å². The summed E-state index contributed by atoms with van der Waals surface area (Å²) in [6.07, 6.45) is 0.276. The number of hydrogen-bond acceptors (Lipinski definition) is 4. The molecule has 1 amide bonds. The standard InChI is InChI=1S/C22H25NO4/c1-15-9-10-19(21(13-15)25-4)26-12-11-22(24)23(3)16(2)20-14-17-7-5-6-8-18(17)27-20/h5-10,13-14,16H,11-12H2,1-4H3. The summed E-state index contributed by atoms with van der Waals surface area (Å²) in [6.45, 7) is 4.24. The molecule has 27 heavy (non-hydrogen) atoms. The van der Waals surface area contributed by atoms with Crippen LogP contribution in [0.4, 0.5) is 0 Å². The van der Waals surface area contributed by atoms with E-state index in [1.54, 1.807) is 19.1 Å². The van der Waals surface area contributed by atoms with Gasteiger partial charge in [-0.2, -0.15) is 0 Å². The second-order valence-corrected chi connectivity index (χ2v) is 6.62. The van der Waals surface area contributed by atoms with E-state index in [1.165, 1.54) is 0 Å². The van der Waals surface area contributed by atoms with E-state index < -0.39 is 0 Å². The zero-order chi connectivity index (χ0) is 19.4. The zero-order valence-electron chi connectivity index (χ0n) is 16.2. The Kier molecular flexibility index (Phi) is 5.69. The number of furan rings is 1. The van der Waals surface area contributed by atoms with Gasteiger partial charge in [0.25, 0.3) is 0 Å². The van der Waals surface area contributed by atoms with Crippen molar-refractivity contribution < 1.29 is 18.7 Å². The predicted octanol–water partition coefficient (Wildman–Crippen LogP) is 4.74. The molecule has 0 radical (unpaired) electrons. The van der Waals surface area contributed by atoms with E-state index in [-0.39, 0.29) is 25.0 Å². The fourth-order valence-electron chi connectivity index (χ4n) is 2.93. The Morgan fingerprint density at radius 3 is 2.67 bits per heavy atom. The van der Waals surface area contributed by atoms with Gasteiger partial charge in [0.15, 0.2) is 11.5 Å². The van der Waals surface area contributed by atoms with Gasteiger partial charge in [-0.1, -0.05) is 24.3 Å². The van der Waals surface area contributed by atoms with E-state index in [0.717, 1.165) is 22.3 Å². The number of amides is 1. The van der Waals surface area contributed by atoms with E-state index in [4.69, 9.17) is 13.9 Å². The molecule has 1 atom stereocenters. The van der Waals surface area contributed by atoms with Crippen molar-refractivity contribution in [2.24, 2.45) is 0 Å². The van der Waals surface area contributed by atoms with Gasteiger partial charge in [-0.05, 0) is 43.7 Å². The minimum Gasteiger partial charge on any atom is -0.493 e. The fraction of sp³-hybridized carbons (Fsp3) is 0.318. The normalized spacial score (nSPS) is 12.0. The molecule has 0 aliphatic heterocycles. The Hall–Kier alpha value is -2.95. The number of rotatable bonds is 7. The third kappa shape index (κ3) is 4.25. The minimum absolute atomic E-state index is 0.00552. The lowest BCUT2D eigenvalue weighted by Crippen LogP contribution is -2.30. The quantitative estimate of drug-likeness (QED) is 0.605. The molecule has 3 rings (SSSR count). The Labute approximate surface area is 159 Å². The second kappa shape index (κ2) is 8.16. The lowest BCUT2D eigenvalue weighted by Gasteiger charge is -2.23. The monoisotopic (exact) mass is 367 g/mol. The van der Waals surface area contributed by atoms with Crippen molar-refractivity contribution in [3.63, 3.8) is 0 Å². The number of fused-ring (bicyclic) bond motifs is 1. The van der Waals surface area contributed by atoms with Gasteiger partial charge < -0.3 is 18.8 Å². The summed E-state index contributed by atoms with van der Waals surface area (Å²) in [5, 5.41) is 1.04. The van der Waals surface area contributed by atoms with Crippen molar-refractivity contribution in [1.29, 1.82) is 0 Å². The van der Waals surface area contributed by atoms with Crippen LogP contribution in [0.1, 0.15) is 30.7 Å². The highest BCUT2D eigenvalue weighted by Gasteiger charge is 2.20. The molecule has 1 unspecified atom stereocenters. The molecular weight excluding hydrogens is 342 g/mol. The molecule has 142 valence electrons. The Morgan fingerprint density at radius 1 is 1.15 bits per heavy atom. The van der Waals surface area contributed by atoms with E-state index in [9.17, 15) is 4.79 Å². The molecule has 0 bridgehead atoms. The highest BCUT2D eigenvalue weighted by molar-refractivity contribution is 5.79. The molecule has 1 aromatic heterocycles. The van der Waals surface area contributed by atoms with Gasteiger partial charge in [-0.3, -0.25) is 4.79 Å². The first kappa shape index (κ1) is 18.8. The highest BCUT2D eigenvalue weighted by atomic mass is 16.5. The van der Waals surface area contributed by atoms with Crippen molar-refractivity contribution in [3.05, 3.63) is 59.9 Å². The molecule has 5 heteroatoms. The number of aryl methyl sites for hydroxylation is 1. The third-order valence-corrected chi connectivity index (χ3v) is 4.72. The van der Waals surface area contributed by atoms with Gasteiger partial charge in [-0.25, -0.2) is 0 Å². The Morgan fingerprint density at radius 2 is 1.93 bits per heavy atom. The number of benzene rings is 2. The van der Waals surface area contributed by atoms with Crippen molar-refractivity contribution in [2.75, 3.05) is 20.8 Å². The van der Waals surface area contributed by atoms with Gasteiger partial charge >= 0.3 is 0 Å². The second-order valence-electron chi connectivity index (χ2n) is 6.62. The van der Waals surface area contributed by atoms with E-state index in [0.29, 0.717) is 11.5 Å². The first-order valence-electron chi connectivity index (χ1n) is 9.01. The summed E-state index contributed by atoms with van der Waals surface area (Å²) in [7, 11) is 3.39. The molecule has 0 saturated carbocycles. The van der Waals surface area contributed by atoms with Crippen molar-refractivity contribution >= 4 is 16.9 Å². The van der Waals surface area contributed by atoms with Crippen molar-refractivity contribution in [3.8, 4) is 11.5 Å². The summed E-state index contributed by atoms with van der Waals surface area (Å²) < 4.78 is 16.9. The first-order valence-corrected chi connectivity index (χ1v) is 9.01. The lowest BCUT2D eigenvalue weighted by atomic mass is 10.2. The number of nitrogens with zero attached hydrogens (tertiary/aromatic N) is 1. The lowest BCUT2D eigenvalue weighted by molar-refractivity contribution is -0.132. The maximum Gasteiger partial charge on any atom is 0.226 e. The smallest absolute Gasteiger partial charge is 0.226 e. The summed E-state index contributed by atoms with van der Waals surface area (Å²) in [5.41, 5.74) is 1.92. The van der Waals surface area contributed by atoms with Crippen LogP contribution in [0.3, 0.4) is 0 Å². The van der Waals surface area contributed by atoms with Crippen LogP contribution in [0.15, 0.2) is 52.9 Å². The predicted molar refractivity (Wildman–Crippen MR) is 105 cm³/mol. The van der Waals surface area contributed by atoms with Crippen LogP contribution < -0.4 is 9.47 Å². The van der Waals surface area contributed by atoms with Gasteiger partial charge in [0.2, 0.25) is 5.91 Å². The molecule has 0 aliphatic carbocycles. The van der Waals surface area contributed by atoms with Gasteiger partial charge in [0.05, 0.1) is 26.2 Å². The first-order chi connectivity index (χ1) is 13.0. The number of para-hydroxylation sites is 1. The Bertz CT molecular complexity index is 898. The molecule has 0 aliphatic rings. The number of carbonyl (C=O) groups is 1. The minimum atomic E-state index is -0.154. The van der Waals surface area contributed by atoms with Gasteiger partial charge in [-0.15, -0.1) is 0 Å². The summed E-state index contributed by atoms with van der Waals surface area (Å²) in [4.78, 5) is 14.2. The largest absolute Gasteiger partial charge is 0.493 e. The fourth-order valence-corrected chi connectivity index (χ4v) is 2.93. The average molecular weight is 367 g/mol. The van der Waals surface area contributed by atoms with Gasteiger partial charge in [0.1, 0.15) is 11.3 Å². The van der Waals surface area contributed by atoms with Crippen LogP contribution in [0.5, 0.6) is 11.5 Å². The molecule has 0 fully saturated rings. The highest BCUT2D eigenvalue weighted by Crippen LogP contribution is 2.29. The average Bonchev–Trinajstić information content (AvgIpc) is 3.11. The molecule has 0 saturated heterocycles. The van der Waals surface area contributed by atoms with E-state index in [2.05, 4.69) is 0 Å². The number of ether oxygens (including phenoxy) is 2. The zero-order valence-corrected chi connectivity index (χ0v) is 16.2. The van der Waals surface area contributed by atoms with Crippen LogP contribution >= 0.6 is 0 Å². The summed E-state index contributed by atoms with van der Waals surface area (Å²) >= 11 is 0. The molecule has 2 aromatic carbocycles. The summed E-state index contributed by atoms with van der Waals surface area (Å²) in [6, 6.07) is 15.4. The topological polar surface area (TPSA) is 51.9 Å². The maximum atomic E-state index is 12.5. The molecule has 0 N–H and O–H groups in total. The molecule has 3 aromatic rings.